The van der Waals surface area contributed by atoms with Crippen LogP contribution in [0.25, 0.3) is 5.65 Å². The highest BCUT2D eigenvalue weighted by Gasteiger charge is 2.33. The topological polar surface area (TPSA) is 46.8 Å². The number of carbonyl (C=O) groups excluding carboxylic acids is 1. The van der Waals surface area contributed by atoms with Gasteiger partial charge in [0.05, 0.1) is 12.8 Å². The zero-order valence-corrected chi connectivity index (χ0v) is 14.0. The van der Waals surface area contributed by atoms with Crippen LogP contribution in [0.5, 0.6) is 5.75 Å². The van der Waals surface area contributed by atoms with Gasteiger partial charge in [0.1, 0.15) is 5.69 Å². The number of hydrogen-bond acceptors (Lipinski definition) is 3. The minimum atomic E-state index is -0.0225. The van der Waals surface area contributed by atoms with Crippen LogP contribution in [0.2, 0.25) is 0 Å². The summed E-state index contributed by atoms with van der Waals surface area (Å²) in [6.07, 6.45) is 2.73. The Hall–Kier alpha value is -2.82. The summed E-state index contributed by atoms with van der Waals surface area (Å²) in [5.41, 5.74) is 4.17. The molecule has 3 aromatic rings. The summed E-state index contributed by atoms with van der Waals surface area (Å²) in [5, 5.41) is 0. The van der Waals surface area contributed by atoms with Crippen LogP contribution in [-0.2, 0) is 6.42 Å². The maximum Gasteiger partial charge on any atom is 0.277 e. The first-order valence-corrected chi connectivity index (χ1v) is 8.05. The molecule has 2 aromatic heterocycles. The Morgan fingerprint density at radius 2 is 2.04 bits per heavy atom. The highest BCUT2D eigenvalue weighted by atomic mass is 16.5. The summed E-state index contributed by atoms with van der Waals surface area (Å²) < 4.78 is 7.19. The lowest BCUT2D eigenvalue weighted by Crippen LogP contribution is -2.36. The molecule has 1 aromatic carbocycles. The van der Waals surface area contributed by atoms with E-state index in [4.69, 9.17) is 4.74 Å². The number of rotatable bonds is 2. The van der Waals surface area contributed by atoms with Crippen LogP contribution in [0.15, 0.2) is 42.6 Å². The minimum Gasteiger partial charge on any atom is -0.493 e. The smallest absolute Gasteiger partial charge is 0.277 e. The number of benzene rings is 1. The molecule has 24 heavy (non-hydrogen) atoms. The molecule has 1 aliphatic rings. The second-order valence-corrected chi connectivity index (χ2v) is 6.17. The van der Waals surface area contributed by atoms with Gasteiger partial charge in [-0.2, -0.15) is 0 Å². The van der Waals surface area contributed by atoms with Gasteiger partial charge in [-0.15, -0.1) is 0 Å². The molecule has 0 fully saturated rings. The number of para-hydroxylation sites is 1. The van der Waals surface area contributed by atoms with E-state index in [1.165, 1.54) is 5.56 Å². The molecule has 0 saturated carbocycles. The van der Waals surface area contributed by atoms with Crippen molar-refractivity contribution < 1.29 is 9.53 Å². The van der Waals surface area contributed by atoms with Crippen LogP contribution >= 0.6 is 0 Å². The number of nitrogens with zero attached hydrogens (tertiary/aromatic N) is 3. The predicted octanol–water partition coefficient (Wildman–Crippen LogP) is 3.24. The molecule has 5 heteroatoms. The van der Waals surface area contributed by atoms with E-state index in [2.05, 4.69) is 18.0 Å². The predicted molar refractivity (Wildman–Crippen MR) is 92.9 cm³/mol. The van der Waals surface area contributed by atoms with Crippen molar-refractivity contribution in [2.75, 3.05) is 12.0 Å². The Balaban J connectivity index is 1.87. The van der Waals surface area contributed by atoms with Gasteiger partial charge in [0.25, 0.3) is 5.91 Å². The van der Waals surface area contributed by atoms with Gasteiger partial charge >= 0.3 is 0 Å². The first-order chi connectivity index (χ1) is 11.6. The molecule has 0 spiro atoms. The number of aromatic nitrogens is 2. The number of ether oxygens (including phenoxy) is 1. The third-order valence-electron chi connectivity index (χ3n) is 4.64. The number of fused-ring (bicyclic) bond motifs is 2. The summed E-state index contributed by atoms with van der Waals surface area (Å²) in [7, 11) is 1.61. The van der Waals surface area contributed by atoms with Gasteiger partial charge in [-0.1, -0.05) is 18.2 Å². The second kappa shape index (κ2) is 5.37. The molecular weight excluding hydrogens is 302 g/mol. The zero-order chi connectivity index (χ0) is 16.8. The fraction of sp³-hybridized carbons (Fsp3) is 0.263. The number of hydrogen-bond donors (Lipinski definition) is 0. The van der Waals surface area contributed by atoms with Crippen molar-refractivity contribution in [3.8, 4) is 5.75 Å². The lowest BCUT2D eigenvalue weighted by Gasteiger charge is -2.22. The lowest BCUT2D eigenvalue weighted by atomic mass is 10.1. The Morgan fingerprint density at radius 3 is 2.83 bits per heavy atom. The van der Waals surface area contributed by atoms with Crippen molar-refractivity contribution in [1.82, 2.24) is 9.38 Å². The van der Waals surface area contributed by atoms with Crippen LogP contribution in [0.1, 0.15) is 28.7 Å². The number of aryl methyl sites for hydroxylation is 1. The molecule has 0 bridgehead atoms. The normalized spacial score (nSPS) is 16.5. The van der Waals surface area contributed by atoms with Crippen molar-refractivity contribution in [3.05, 3.63) is 59.5 Å². The summed E-state index contributed by atoms with van der Waals surface area (Å²) in [4.78, 5) is 19.8. The largest absolute Gasteiger partial charge is 0.493 e. The van der Waals surface area contributed by atoms with Crippen LogP contribution < -0.4 is 9.64 Å². The van der Waals surface area contributed by atoms with Gasteiger partial charge in [0.15, 0.2) is 11.4 Å². The molecule has 3 heterocycles. The number of carbonyl (C=O) groups is 1. The molecule has 0 saturated heterocycles. The molecule has 0 N–H and O–H groups in total. The SMILES string of the molecule is COc1cccn2c(C(=O)N3c4ccccc4CC3C)c(C)nc12. The summed E-state index contributed by atoms with van der Waals surface area (Å²) >= 11 is 0. The monoisotopic (exact) mass is 321 g/mol. The number of pyridine rings is 1. The van der Waals surface area contributed by atoms with Gasteiger partial charge in [-0.3, -0.25) is 9.20 Å². The van der Waals surface area contributed by atoms with Gasteiger partial charge in [-0.25, -0.2) is 4.98 Å². The van der Waals surface area contributed by atoms with Gasteiger partial charge in [0.2, 0.25) is 0 Å². The van der Waals surface area contributed by atoms with E-state index in [0.717, 1.165) is 12.1 Å². The standard InChI is InChI=1S/C19H19N3O2/c1-12-11-14-7-4-5-8-15(14)22(12)19(23)17-13(2)20-18-16(24-3)9-6-10-21(17)18/h4-10,12H,11H2,1-3H3. The van der Waals surface area contributed by atoms with E-state index in [1.807, 2.05) is 52.8 Å². The molecule has 1 atom stereocenters. The molecule has 1 unspecified atom stereocenters. The number of imidazole rings is 1. The number of amides is 1. The van der Waals surface area contributed by atoms with Gasteiger partial charge < -0.3 is 9.64 Å². The van der Waals surface area contributed by atoms with Crippen molar-refractivity contribution in [2.24, 2.45) is 0 Å². The fourth-order valence-electron chi connectivity index (χ4n) is 3.56. The first kappa shape index (κ1) is 14.8. The lowest BCUT2D eigenvalue weighted by molar-refractivity contribution is 0.0975. The highest BCUT2D eigenvalue weighted by molar-refractivity contribution is 6.08. The highest BCUT2D eigenvalue weighted by Crippen LogP contribution is 2.34. The van der Waals surface area contributed by atoms with Crippen LogP contribution in [-0.4, -0.2) is 28.4 Å². The van der Waals surface area contributed by atoms with E-state index in [-0.39, 0.29) is 11.9 Å². The zero-order valence-electron chi connectivity index (χ0n) is 14.0. The summed E-state index contributed by atoms with van der Waals surface area (Å²) in [6.45, 7) is 3.95. The van der Waals surface area contributed by atoms with Crippen LogP contribution in [0.4, 0.5) is 5.69 Å². The molecule has 1 aliphatic heterocycles. The average Bonchev–Trinajstić information content (AvgIpc) is 3.09. The molecular formula is C19H19N3O2. The Kier molecular flexibility index (Phi) is 3.30. The Morgan fingerprint density at radius 1 is 1.25 bits per heavy atom. The van der Waals surface area contributed by atoms with E-state index in [9.17, 15) is 4.79 Å². The van der Waals surface area contributed by atoms with E-state index < -0.39 is 0 Å². The molecule has 122 valence electrons. The maximum absolute atomic E-state index is 13.3. The molecule has 5 nitrogen and oxygen atoms in total. The average molecular weight is 321 g/mol. The van der Waals surface area contributed by atoms with Crippen LogP contribution in [0, 0.1) is 6.92 Å². The van der Waals surface area contributed by atoms with Crippen molar-refractivity contribution >= 4 is 17.2 Å². The van der Waals surface area contributed by atoms with E-state index in [1.54, 1.807) is 7.11 Å². The molecule has 1 amide bonds. The third kappa shape index (κ3) is 2.01. The van der Waals surface area contributed by atoms with Crippen LogP contribution in [0.3, 0.4) is 0 Å². The van der Waals surface area contributed by atoms with Gasteiger partial charge in [0, 0.05) is 17.9 Å². The van der Waals surface area contributed by atoms with Gasteiger partial charge in [-0.05, 0) is 44.0 Å². The number of anilines is 1. The first-order valence-electron chi connectivity index (χ1n) is 8.05. The van der Waals surface area contributed by atoms with Crippen molar-refractivity contribution in [2.45, 2.75) is 26.3 Å². The third-order valence-corrected chi connectivity index (χ3v) is 4.64. The van der Waals surface area contributed by atoms with E-state index in [0.29, 0.717) is 22.8 Å². The Labute approximate surface area is 140 Å². The number of methoxy groups -OCH3 is 1. The molecule has 0 aliphatic carbocycles. The maximum atomic E-state index is 13.3. The van der Waals surface area contributed by atoms with Crippen molar-refractivity contribution in [1.29, 1.82) is 0 Å². The minimum absolute atomic E-state index is 0.0225. The van der Waals surface area contributed by atoms with E-state index >= 15 is 0 Å². The second-order valence-electron chi connectivity index (χ2n) is 6.17. The summed E-state index contributed by atoms with van der Waals surface area (Å²) in [5.74, 6) is 0.639. The molecule has 0 radical (unpaired) electrons. The fourth-order valence-corrected chi connectivity index (χ4v) is 3.56. The van der Waals surface area contributed by atoms with Crippen molar-refractivity contribution in [3.63, 3.8) is 0 Å². The Bertz CT molecular complexity index is 945. The quantitative estimate of drug-likeness (QED) is 0.728. The summed E-state index contributed by atoms with van der Waals surface area (Å²) in [6, 6.07) is 11.9. The molecule has 4 rings (SSSR count).